The van der Waals surface area contributed by atoms with Gasteiger partial charge in [-0.1, -0.05) is 0 Å². The molecule has 2 aliphatic heterocycles. The number of aryl methyl sites for hydroxylation is 1. The number of likely N-dealkylation sites (tertiary alicyclic amines) is 1. The second-order valence-electron chi connectivity index (χ2n) is 8.25. The van der Waals surface area contributed by atoms with Gasteiger partial charge in [0.05, 0.1) is 6.61 Å². The van der Waals surface area contributed by atoms with E-state index in [-0.39, 0.29) is 5.91 Å². The second-order valence-corrected chi connectivity index (χ2v) is 8.25. The number of benzene rings is 1. The predicted octanol–water partition coefficient (Wildman–Crippen LogP) is 3.64. The van der Waals surface area contributed by atoms with Crippen LogP contribution in [0.3, 0.4) is 0 Å². The molecule has 2 fully saturated rings. The molecule has 1 atom stereocenters. The Morgan fingerprint density at radius 2 is 2.15 bits per heavy atom. The summed E-state index contributed by atoms with van der Waals surface area (Å²) >= 11 is 0. The molecule has 3 heterocycles. The minimum Gasteiger partial charge on any atom is -0.493 e. The zero-order valence-electron chi connectivity index (χ0n) is 15.8. The summed E-state index contributed by atoms with van der Waals surface area (Å²) in [5.74, 6) is 3.43. The van der Waals surface area contributed by atoms with Crippen LogP contribution in [0.25, 0.3) is 0 Å². The number of aromatic nitrogens is 2. The number of nitrogens with zero attached hydrogens (tertiary/aromatic N) is 3. The number of amides is 1. The first kappa shape index (κ1) is 16.8. The van der Waals surface area contributed by atoms with Crippen LogP contribution in [0.15, 0.2) is 30.6 Å². The molecule has 1 aromatic carbocycles. The van der Waals surface area contributed by atoms with Gasteiger partial charge >= 0.3 is 0 Å². The van der Waals surface area contributed by atoms with Crippen molar-refractivity contribution in [2.45, 2.75) is 51.0 Å². The van der Waals surface area contributed by atoms with E-state index in [2.05, 4.69) is 15.7 Å². The summed E-state index contributed by atoms with van der Waals surface area (Å²) in [4.78, 5) is 19.8. The van der Waals surface area contributed by atoms with E-state index in [1.54, 1.807) is 0 Å². The Kier molecular flexibility index (Phi) is 4.38. The molecule has 1 amide bonds. The minimum absolute atomic E-state index is 0.147. The van der Waals surface area contributed by atoms with Crippen LogP contribution in [-0.4, -0.2) is 40.1 Å². The molecule has 0 radical (unpaired) electrons. The van der Waals surface area contributed by atoms with Gasteiger partial charge in [0.25, 0.3) is 5.91 Å². The maximum atomic E-state index is 13.1. The number of rotatable bonds is 4. The Morgan fingerprint density at radius 3 is 3.04 bits per heavy atom. The molecule has 5 nitrogen and oxygen atoms in total. The van der Waals surface area contributed by atoms with Crippen LogP contribution < -0.4 is 4.74 Å². The molecule has 1 aliphatic carbocycles. The maximum Gasteiger partial charge on any atom is 0.253 e. The SMILES string of the molecule is O=C(c1ccc2c(c1)CCCO2)N1CCC[C@H](c2nccn2CC2CC2)C1. The number of hydrogen-bond acceptors (Lipinski definition) is 3. The standard InChI is InChI=1S/C22H27N3O2/c26-22(18-7-8-20-17(13-18)4-2-12-27-20)25-10-1-3-19(15-25)21-23-9-11-24(21)14-16-5-6-16/h7-9,11,13,16,19H,1-6,10,12,14-15H2/t19-/m0/s1. The smallest absolute Gasteiger partial charge is 0.253 e. The average Bonchev–Trinajstić information content (AvgIpc) is 3.42. The lowest BCUT2D eigenvalue weighted by atomic mass is 9.95. The van der Waals surface area contributed by atoms with Crippen molar-refractivity contribution in [1.29, 1.82) is 0 Å². The first-order valence-corrected chi connectivity index (χ1v) is 10.3. The van der Waals surface area contributed by atoms with Crippen LogP contribution in [-0.2, 0) is 13.0 Å². The van der Waals surface area contributed by atoms with Gasteiger partial charge in [0.15, 0.2) is 0 Å². The average molecular weight is 365 g/mol. The number of imidazole rings is 1. The van der Waals surface area contributed by atoms with E-state index < -0.39 is 0 Å². The number of hydrogen-bond donors (Lipinski definition) is 0. The molecule has 3 aliphatic rings. The zero-order valence-corrected chi connectivity index (χ0v) is 15.8. The van der Waals surface area contributed by atoms with Gasteiger partial charge in [-0.05, 0) is 68.2 Å². The Hall–Kier alpha value is -2.30. The van der Waals surface area contributed by atoms with Gasteiger partial charge in [-0.3, -0.25) is 4.79 Å². The van der Waals surface area contributed by atoms with Gasteiger partial charge in [-0.15, -0.1) is 0 Å². The normalized spacial score (nSPS) is 22.2. The van der Waals surface area contributed by atoms with Crippen molar-refractivity contribution in [3.8, 4) is 5.75 Å². The predicted molar refractivity (Wildman–Crippen MR) is 103 cm³/mol. The molecule has 0 bridgehead atoms. The van der Waals surface area contributed by atoms with Crippen LogP contribution in [0.1, 0.15) is 59.8 Å². The number of ether oxygens (including phenoxy) is 1. The van der Waals surface area contributed by atoms with Gasteiger partial charge in [0.1, 0.15) is 11.6 Å². The molecule has 2 aromatic rings. The Labute approximate surface area is 160 Å². The molecule has 142 valence electrons. The van der Waals surface area contributed by atoms with Gasteiger partial charge in [-0.25, -0.2) is 4.98 Å². The summed E-state index contributed by atoms with van der Waals surface area (Å²) in [6.07, 6.45) is 10.9. The summed E-state index contributed by atoms with van der Waals surface area (Å²) in [6, 6.07) is 5.92. The highest BCUT2D eigenvalue weighted by Gasteiger charge is 2.30. The van der Waals surface area contributed by atoms with E-state index in [1.165, 1.54) is 24.2 Å². The topological polar surface area (TPSA) is 47.4 Å². The highest BCUT2D eigenvalue weighted by molar-refractivity contribution is 5.94. The monoisotopic (exact) mass is 365 g/mol. The minimum atomic E-state index is 0.147. The van der Waals surface area contributed by atoms with Crippen molar-refractivity contribution in [3.63, 3.8) is 0 Å². The van der Waals surface area contributed by atoms with Gasteiger partial charge in [0.2, 0.25) is 0 Å². The third kappa shape index (κ3) is 3.47. The van der Waals surface area contributed by atoms with Crippen LogP contribution in [0.5, 0.6) is 5.75 Å². The fourth-order valence-electron chi connectivity index (χ4n) is 4.46. The molecular weight excluding hydrogens is 338 g/mol. The third-order valence-electron chi connectivity index (χ3n) is 6.13. The van der Waals surface area contributed by atoms with E-state index in [0.717, 1.165) is 69.2 Å². The van der Waals surface area contributed by atoms with Gasteiger partial charge < -0.3 is 14.2 Å². The van der Waals surface area contributed by atoms with Gasteiger partial charge in [0, 0.05) is 43.5 Å². The van der Waals surface area contributed by atoms with E-state index in [4.69, 9.17) is 4.74 Å². The van der Waals surface area contributed by atoms with E-state index in [1.807, 2.05) is 29.3 Å². The lowest BCUT2D eigenvalue weighted by Crippen LogP contribution is -2.39. The van der Waals surface area contributed by atoms with E-state index >= 15 is 0 Å². The number of piperidine rings is 1. The Bertz CT molecular complexity index is 840. The second kappa shape index (κ2) is 7.02. The largest absolute Gasteiger partial charge is 0.493 e. The zero-order chi connectivity index (χ0) is 18.2. The van der Waals surface area contributed by atoms with Crippen LogP contribution in [0, 0.1) is 5.92 Å². The van der Waals surface area contributed by atoms with Gasteiger partial charge in [-0.2, -0.15) is 0 Å². The van der Waals surface area contributed by atoms with Crippen LogP contribution in [0.4, 0.5) is 0 Å². The molecular formula is C22H27N3O2. The fraction of sp³-hybridized carbons (Fsp3) is 0.545. The third-order valence-corrected chi connectivity index (χ3v) is 6.13. The van der Waals surface area contributed by atoms with E-state index in [0.29, 0.717) is 5.92 Å². The molecule has 0 N–H and O–H groups in total. The number of fused-ring (bicyclic) bond motifs is 1. The first-order chi connectivity index (χ1) is 13.3. The molecule has 1 saturated heterocycles. The molecule has 5 heteroatoms. The molecule has 0 unspecified atom stereocenters. The lowest BCUT2D eigenvalue weighted by Gasteiger charge is -2.33. The summed E-state index contributed by atoms with van der Waals surface area (Å²) in [7, 11) is 0. The quantitative estimate of drug-likeness (QED) is 0.831. The number of carbonyl (C=O) groups is 1. The molecule has 0 spiro atoms. The Balaban J connectivity index is 1.32. The summed E-state index contributed by atoms with van der Waals surface area (Å²) < 4.78 is 8.01. The van der Waals surface area contributed by atoms with Crippen molar-refractivity contribution in [1.82, 2.24) is 14.5 Å². The van der Waals surface area contributed by atoms with Crippen molar-refractivity contribution in [2.24, 2.45) is 5.92 Å². The molecule has 5 rings (SSSR count). The lowest BCUT2D eigenvalue weighted by molar-refractivity contribution is 0.0703. The fourth-order valence-corrected chi connectivity index (χ4v) is 4.46. The first-order valence-electron chi connectivity index (χ1n) is 10.3. The highest BCUT2D eigenvalue weighted by Crippen LogP contribution is 2.33. The van der Waals surface area contributed by atoms with Crippen molar-refractivity contribution < 1.29 is 9.53 Å². The molecule has 27 heavy (non-hydrogen) atoms. The summed E-state index contributed by atoms with van der Waals surface area (Å²) in [5, 5.41) is 0. The van der Waals surface area contributed by atoms with Crippen LogP contribution >= 0.6 is 0 Å². The van der Waals surface area contributed by atoms with E-state index in [9.17, 15) is 4.79 Å². The van der Waals surface area contributed by atoms with Crippen LogP contribution in [0.2, 0.25) is 0 Å². The maximum absolute atomic E-state index is 13.1. The Morgan fingerprint density at radius 1 is 1.22 bits per heavy atom. The summed E-state index contributed by atoms with van der Waals surface area (Å²) in [5.41, 5.74) is 1.96. The molecule has 1 aromatic heterocycles. The number of carbonyl (C=O) groups excluding carboxylic acids is 1. The highest BCUT2D eigenvalue weighted by atomic mass is 16.5. The van der Waals surface area contributed by atoms with Crippen molar-refractivity contribution in [3.05, 3.63) is 47.5 Å². The van der Waals surface area contributed by atoms with Crippen molar-refractivity contribution >= 4 is 5.91 Å². The van der Waals surface area contributed by atoms with Crippen molar-refractivity contribution in [2.75, 3.05) is 19.7 Å². The molecule has 1 saturated carbocycles. The summed E-state index contributed by atoms with van der Waals surface area (Å²) in [6.45, 7) is 3.48.